The zero-order chi connectivity index (χ0) is 12.2. The van der Waals surface area contributed by atoms with Gasteiger partial charge in [-0.05, 0) is 24.6 Å². The van der Waals surface area contributed by atoms with Gasteiger partial charge in [-0.25, -0.2) is 8.42 Å². The van der Waals surface area contributed by atoms with Crippen LogP contribution in [0.5, 0.6) is 0 Å². The third-order valence-electron chi connectivity index (χ3n) is 2.04. The molecular weight excluding hydrogens is 248 g/mol. The third kappa shape index (κ3) is 3.61. The molecule has 0 aliphatic heterocycles. The quantitative estimate of drug-likeness (QED) is 0.817. The van der Waals surface area contributed by atoms with Crippen LogP contribution in [0.3, 0.4) is 0 Å². The van der Waals surface area contributed by atoms with Crippen LogP contribution in [-0.4, -0.2) is 20.0 Å². The van der Waals surface area contributed by atoms with Gasteiger partial charge in [0.05, 0.1) is 4.90 Å². The number of rotatable bonds is 5. The summed E-state index contributed by atoms with van der Waals surface area (Å²) >= 11 is 5.70. The first-order chi connectivity index (χ1) is 7.45. The van der Waals surface area contributed by atoms with Gasteiger partial charge >= 0.3 is 0 Å². The minimum atomic E-state index is -3.54. The van der Waals surface area contributed by atoms with Gasteiger partial charge in [-0.2, -0.15) is 0 Å². The Labute approximate surface area is 100 Å². The molecule has 0 spiro atoms. The van der Waals surface area contributed by atoms with Gasteiger partial charge in [-0.3, -0.25) is 4.79 Å². The number of carbonyl (C=O) groups excluding carboxylic acids is 1. The Morgan fingerprint density at radius 3 is 2.62 bits per heavy atom. The normalized spacial score (nSPS) is 11.4. The zero-order valence-corrected chi connectivity index (χ0v) is 10.5. The molecule has 3 nitrogen and oxygen atoms in total. The summed E-state index contributed by atoms with van der Waals surface area (Å²) in [5.74, 6) is -0.705. The second-order valence-corrected chi connectivity index (χ2v) is 5.93. The first-order valence-electron chi connectivity index (χ1n) is 4.95. The molecule has 0 fully saturated rings. The molecule has 1 aromatic rings. The fraction of sp³-hybridized carbons (Fsp3) is 0.364. The van der Waals surface area contributed by atoms with Crippen LogP contribution in [-0.2, 0) is 14.6 Å². The van der Waals surface area contributed by atoms with Crippen molar-refractivity contribution in [3.63, 3.8) is 0 Å². The molecule has 88 valence electrons. The molecule has 1 rings (SSSR count). The number of benzene rings is 1. The molecule has 0 N–H and O–H groups in total. The Kier molecular flexibility index (Phi) is 4.50. The number of halogens is 1. The molecule has 1 aromatic carbocycles. The summed E-state index contributed by atoms with van der Waals surface area (Å²) in [6.45, 7) is 1.84. The molecule has 0 saturated heterocycles. The molecule has 0 aliphatic carbocycles. The summed E-state index contributed by atoms with van der Waals surface area (Å²) in [4.78, 5) is 11.4. The number of sulfone groups is 1. The molecule has 0 radical (unpaired) electrons. The molecule has 5 heteroatoms. The van der Waals surface area contributed by atoms with Gasteiger partial charge in [-0.15, -0.1) is 0 Å². The van der Waals surface area contributed by atoms with E-state index in [1.807, 2.05) is 6.92 Å². The van der Waals surface area contributed by atoms with Crippen molar-refractivity contribution in [3.05, 3.63) is 29.3 Å². The molecule has 0 amide bonds. The lowest BCUT2D eigenvalue weighted by Gasteiger charge is -2.03. The maximum atomic E-state index is 11.8. The van der Waals surface area contributed by atoms with Gasteiger partial charge in [0.25, 0.3) is 0 Å². The Hall–Kier alpha value is -0.870. The van der Waals surface area contributed by atoms with Crippen molar-refractivity contribution in [1.82, 2.24) is 0 Å². The number of hydrogen-bond donors (Lipinski definition) is 0. The first kappa shape index (κ1) is 13.2. The average Bonchev–Trinajstić information content (AvgIpc) is 2.17. The highest BCUT2D eigenvalue weighted by molar-refractivity contribution is 7.92. The number of ketones is 1. The van der Waals surface area contributed by atoms with Crippen molar-refractivity contribution in [2.45, 2.75) is 24.7 Å². The van der Waals surface area contributed by atoms with Crippen LogP contribution in [0, 0.1) is 0 Å². The summed E-state index contributed by atoms with van der Waals surface area (Å²) < 4.78 is 23.6. The fourth-order valence-corrected chi connectivity index (χ4v) is 2.89. The van der Waals surface area contributed by atoms with Crippen LogP contribution in [0.25, 0.3) is 0 Å². The lowest BCUT2D eigenvalue weighted by atomic mass is 10.3. The van der Waals surface area contributed by atoms with Gasteiger partial charge in [0.15, 0.2) is 9.84 Å². The predicted octanol–water partition coefficient (Wildman–Crippen LogP) is 2.48. The van der Waals surface area contributed by atoms with Crippen LogP contribution in [0.2, 0.25) is 5.02 Å². The van der Waals surface area contributed by atoms with Crippen LogP contribution in [0.4, 0.5) is 0 Å². The van der Waals surface area contributed by atoms with Crippen LogP contribution in [0.1, 0.15) is 19.8 Å². The van der Waals surface area contributed by atoms with Crippen LogP contribution >= 0.6 is 11.6 Å². The highest BCUT2D eigenvalue weighted by Crippen LogP contribution is 2.17. The van der Waals surface area contributed by atoms with E-state index in [9.17, 15) is 13.2 Å². The van der Waals surface area contributed by atoms with Crippen molar-refractivity contribution >= 4 is 27.2 Å². The van der Waals surface area contributed by atoms with Gasteiger partial charge in [0.2, 0.25) is 0 Å². The molecular formula is C11H13ClO3S. The molecule has 0 aliphatic rings. The van der Waals surface area contributed by atoms with E-state index in [0.717, 1.165) is 0 Å². The van der Waals surface area contributed by atoms with Crippen molar-refractivity contribution in [1.29, 1.82) is 0 Å². The Balaban J connectivity index is 2.90. The highest BCUT2D eigenvalue weighted by atomic mass is 35.5. The van der Waals surface area contributed by atoms with Gasteiger partial charge in [-0.1, -0.05) is 24.6 Å². The van der Waals surface area contributed by atoms with Crippen LogP contribution in [0.15, 0.2) is 29.2 Å². The smallest absolute Gasteiger partial charge is 0.185 e. The zero-order valence-electron chi connectivity index (χ0n) is 8.94. The lowest BCUT2D eigenvalue weighted by molar-refractivity contribution is -0.116. The van der Waals surface area contributed by atoms with E-state index >= 15 is 0 Å². The summed E-state index contributed by atoms with van der Waals surface area (Å²) in [6.07, 6.45) is 0.948. The molecule has 16 heavy (non-hydrogen) atoms. The lowest BCUT2D eigenvalue weighted by Crippen LogP contribution is -2.15. The number of hydrogen-bond acceptors (Lipinski definition) is 3. The number of Topliss-reactive ketones (excluding diaryl/α,β-unsaturated/α-hetero) is 1. The molecule has 0 heterocycles. The van der Waals surface area contributed by atoms with Crippen molar-refractivity contribution < 1.29 is 13.2 Å². The molecule has 0 unspecified atom stereocenters. The van der Waals surface area contributed by atoms with E-state index in [4.69, 9.17) is 11.6 Å². The van der Waals surface area contributed by atoms with E-state index in [-0.39, 0.29) is 10.7 Å². The van der Waals surface area contributed by atoms with Crippen molar-refractivity contribution in [2.75, 3.05) is 5.75 Å². The van der Waals surface area contributed by atoms with E-state index in [1.54, 1.807) is 12.1 Å². The SMILES string of the molecule is CCCC(=O)CS(=O)(=O)c1cccc(Cl)c1. The summed E-state index contributed by atoms with van der Waals surface area (Å²) in [6, 6.07) is 5.95. The topological polar surface area (TPSA) is 51.2 Å². The van der Waals surface area contributed by atoms with Crippen molar-refractivity contribution in [2.24, 2.45) is 0 Å². The monoisotopic (exact) mass is 260 g/mol. The van der Waals surface area contributed by atoms with Crippen molar-refractivity contribution in [3.8, 4) is 0 Å². The summed E-state index contributed by atoms with van der Waals surface area (Å²) in [5, 5.41) is 0.351. The van der Waals surface area contributed by atoms with E-state index in [0.29, 0.717) is 17.9 Å². The maximum absolute atomic E-state index is 11.8. The second-order valence-electron chi connectivity index (χ2n) is 3.51. The van der Waals surface area contributed by atoms with E-state index < -0.39 is 15.6 Å². The van der Waals surface area contributed by atoms with Gasteiger partial charge < -0.3 is 0 Å². The minimum absolute atomic E-state index is 0.101. The minimum Gasteiger partial charge on any atom is -0.299 e. The standard InChI is InChI=1S/C11H13ClO3S/c1-2-4-10(13)8-16(14,15)11-6-3-5-9(12)7-11/h3,5-7H,2,4,8H2,1H3. The molecule has 0 aromatic heterocycles. The van der Waals surface area contributed by atoms with E-state index in [2.05, 4.69) is 0 Å². The number of carbonyl (C=O) groups is 1. The Bertz CT molecular complexity index is 480. The average molecular weight is 261 g/mol. The van der Waals surface area contributed by atoms with Gasteiger partial charge in [0.1, 0.15) is 11.5 Å². The van der Waals surface area contributed by atoms with E-state index in [1.165, 1.54) is 12.1 Å². The predicted molar refractivity (Wildman–Crippen MR) is 63.4 cm³/mol. The Morgan fingerprint density at radius 1 is 1.38 bits per heavy atom. The van der Waals surface area contributed by atoms with Gasteiger partial charge in [0, 0.05) is 11.4 Å². The Morgan fingerprint density at radius 2 is 2.06 bits per heavy atom. The third-order valence-corrected chi connectivity index (χ3v) is 3.94. The maximum Gasteiger partial charge on any atom is 0.185 e. The molecule has 0 saturated carbocycles. The fourth-order valence-electron chi connectivity index (χ4n) is 1.31. The van der Waals surface area contributed by atoms with Crippen LogP contribution < -0.4 is 0 Å². The molecule has 0 atom stereocenters. The second kappa shape index (κ2) is 5.46. The largest absolute Gasteiger partial charge is 0.299 e. The summed E-state index contributed by atoms with van der Waals surface area (Å²) in [7, 11) is -3.54. The molecule has 0 bridgehead atoms. The first-order valence-corrected chi connectivity index (χ1v) is 6.99. The highest BCUT2D eigenvalue weighted by Gasteiger charge is 2.18. The summed E-state index contributed by atoms with van der Waals surface area (Å²) in [5.41, 5.74) is 0.